The van der Waals surface area contributed by atoms with Crippen molar-refractivity contribution >= 4 is 15.9 Å². The number of halogens is 1. The SMILES string of the molecule is CC(O)c1ccc(Br)cc1OC1CCCCCC1O. The maximum absolute atomic E-state index is 10.1. The highest BCUT2D eigenvalue weighted by atomic mass is 79.9. The van der Waals surface area contributed by atoms with Gasteiger partial charge in [0.1, 0.15) is 11.9 Å². The molecule has 2 N–H and O–H groups in total. The summed E-state index contributed by atoms with van der Waals surface area (Å²) in [6.07, 6.45) is 3.79. The Morgan fingerprint density at radius 1 is 1.26 bits per heavy atom. The molecular weight excluding hydrogens is 308 g/mol. The van der Waals surface area contributed by atoms with Gasteiger partial charge in [0.05, 0.1) is 12.2 Å². The van der Waals surface area contributed by atoms with Crippen LogP contribution in [0.2, 0.25) is 0 Å². The number of benzene rings is 1. The lowest BCUT2D eigenvalue weighted by molar-refractivity contribution is 0.0299. The lowest BCUT2D eigenvalue weighted by Gasteiger charge is -2.24. The molecule has 106 valence electrons. The highest BCUT2D eigenvalue weighted by Gasteiger charge is 2.24. The van der Waals surface area contributed by atoms with Gasteiger partial charge in [0.15, 0.2) is 0 Å². The van der Waals surface area contributed by atoms with Crippen LogP contribution in [0.3, 0.4) is 0 Å². The summed E-state index contributed by atoms with van der Waals surface area (Å²) >= 11 is 3.42. The minimum atomic E-state index is -0.578. The Kier molecular flexibility index (Phi) is 5.25. The first-order valence-electron chi connectivity index (χ1n) is 6.90. The molecule has 1 aliphatic rings. The summed E-state index contributed by atoms with van der Waals surface area (Å²) in [5.41, 5.74) is 0.764. The van der Waals surface area contributed by atoms with Crippen molar-refractivity contribution < 1.29 is 14.9 Å². The maximum atomic E-state index is 10.1. The normalized spacial score (nSPS) is 25.7. The number of hydrogen-bond donors (Lipinski definition) is 2. The van der Waals surface area contributed by atoms with Crippen molar-refractivity contribution in [3.8, 4) is 5.75 Å². The summed E-state index contributed by atoms with van der Waals surface area (Å²) in [5.74, 6) is 0.662. The van der Waals surface area contributed by atoms with Crippen LogP contribution in [0.15, 0.2) is 22.7 Å². The molecule has 3 unspecified atom stereocenters. The molecule has 4 heteroatoms. The smallest absolute Gasteiger partial charge is 0.126 e. The summed E-state index contributed by atoms with van der Waals surface area (Å²) in [4.78, 5) is 0. The van der Waals surface area contributed by atoms with E-state index < -0.39 is 12.2 Å². The molecule has 3 atom stereocenters. The standard InChI is InChI=1S/C15H21BrO3/c1-10(17)12-8-7-11(16)9-15(12)19-14-6-4-2-3-5-13(14)18/h7-10,13-14,17-18H,2-6H2,1H3. The van der Waals surface area contributed by atoms with Crippen LogP contribution in [0.4, 0.5) is 0 Å². The lowest BCUT2D eigenvalue weighted by Crippen LogP contribution is -2.30. The average molecular weight is 329 g/mol. The van der Waals surface area contributed by atoms with Gasteiger partial charge in [-0.1, -0.05) is 34.8 Å². The fourth-order valence-electron chi connectivity index (χ4n) is 2.51. The Labute approximate surface area is 122 Å². The predicted molar refractivity (Wildman–Crippen MR) is 78.3 cm³/mol. The van der Waals surface area contributed by atoms with Crippen molar-refractivity contribution in [3.05, 3.63) is 28.2 Å². The van der Waals surface area contributed by atoms with E-state index in [9.17, 15) is 10.2 Å². The van der Waals surface area contributed by atoms with E-state index in [1.54, 1.807) is 6.92 Å². The highest BCUT2D eigenvalue weighted by molar-refractivity contribution is 9.10. The third-order valence-corrected chi connectivity index (χ3v) is 4.11. The third kappa shape index (κ3) is 3.94. The molecule has 0 heterocycles. The van der Waals surface area contributed by atoms with E-state index in [1.807, 2.05) is 18.2 Å². The maximum Gasteiger partial charge on any atom is 0.126 e. The van der Waals surface area contributed by atoms with Gasteiger partial charge in [-0.3, -0.25) is 0 Å². The van der Waals surface area contributed by atoms with Gasteiger partial charge in [0.25, 0.3) is 0 Å². The monoisotopic (exact) mass is 328 g/mol. The van der Waals surface area contributed by atoms with Crippen LogP contribution in [0, 0.1) is 0 Å². The first-order chi connectivity index (χ1) is 9.08. The second-order valence-electron chi connectivity index (χ2n) is 5.22. The van der Waals surface area contributed by atoms with Crippen LogP contribution in [0.1, 0.15) is 50.7 Å². The van der Waals surface area contributed by atoms with Gasteiger partial charge >= 0.3 is 0 Å². The van der Waals surface area contributed by atoms with E-state index >= 15 is 0 Å². The van der Waals surface area contributed by atoms with Crippen LogP contribution >= 0.6 is 15.9 Å². The Balaban J connectivity index is 2.18. The first kappa shape index (κ1) is 14.8. The molecule has 0 aliphatic heterocycles. The number of aliphatic hydroxyl groups excluding tert-OH is 2. The molecule has 2 rings (SSSR count). The number of rotatable bonds is 3. The van der Waals surface area contributed by atoms with Gasteiger partial charge in [-0.2, -0.15) is 0 Å². The summed E-state index contributed by atoms with van der Waals surface area (Å²) < 4.78 is 6.89. The molecule has 3 nitrogen and oxygen atoms in total. The Morgan fingerprint density at radius 3 is 2.74 bits per heavy atom. The molecule has 1 aliphatic carbocycles. The van der Waals surface area contributed by atoms with Gasteiger partial charge in [-0.05, 0) is 38.3 Å². The zero-order valence-electron chi connectivity index (χ0n) is 11.2. The zero-order valence-corrected chi connectivity index (χ0v) is 12.8. The second kappa shape index (κ2) is 6.73. The lowest BCUT2D eigenvalue weighted by atomic mass is 10.1. The van der Waals surface area contributed by atoms with Crippen LogP contribution in [-0.2, 0) is 0 Å². The van der Waals surface area contributed by atoms with E-state index in [0.717, 1.165) is 42.1 Å². The second-order valence-corrected chi connectivity index (χ2v) is 6.14. The molecule has 0 aromatic heterocycles. The van der Waals surface area contributed by atoms with E-state index in [0.29, 0.717) is 5.75 Å². The van der Waals surface area contributed by atoms with Crippen LogP contribution in [-0.4, -0.2) is 22.4 Å². The summed E-state index contributed by atoms with van der Waals surface area (Å²) in [7, 11) is 0. The van der Waals surface area contributed by atoms with Gasteiger partial charge in [0.2, 0.25) is 0 Å². The fraction of sp³-hybridized carbons (Fsp3) is 0.600. The topological polar surface area (TPSA) is 49.7 Å². The van der Waals surface area contributed by atoms with E-state index in [-0.39, 0.29) is 6.10 Å². The van der Waals surface area contributed by atoms with Gasteiger partial charge in [0, 0.05) is 10.0 Å². The molecule has 1 saturated carbocycles. The van der Waals surface area contributed by atoms with Crippen molar-refractivity contribution in [3.63, 3.8) is 0 Å². The Hall–Kier alpha value is -0.580. The van der Waals surface area contributed by atoms with E-state index in [1.165, 1.54) is 0 Å². The first-order valence-corrected chi connectivity index (χ1v) is 7.69. The molecule has 1 aromatic carbocycles. The van der Waals surface area contributed by atoms with Crippen molar-refractivity contribution in [2.75, 3.05) is 0 Å². The number of aliphatic hydroxyl groups is 2. The van der Waals surface area contributed by atoms with Crippen LogP contribution in [0.5, 0.6) is 5.75 Å². The molecule has 1 fully saturated rings. The fourth-order valence-corrected chi connectivity index (χ4v) is 2.85. The molecule has 0 amide bonds. The minimum Gasteiger partial charge on any atom is -0.487 e. The highest BCUT2D eigenvalue weighted by Crippen LogP contribution is 2.31. The summed E-state index contributed by atoms with van der Waals surface area (Å²) in [6.45, 7) is 1.72. The molecule has 1 aromatic rings. The number of ether oxygens (including phenoxy) is 1. The van der Waals surface area contributed by atoms with E-state index in [2.05, 4.69) is 15.9 Å². The van der Waals surface area contributed by atoms with Crippen molar-refractivity contribution in [2.45, 2.75) is 57.3 Å². The average Bonchev–Trinajstić information content (AvgIpc) is 2.55. The van der Waals surface area contributed by atoms with Gasteiger partial charge < -0.3 is 14.9 Å². The molecule has 0 bridgehead atoms. The molecule has 0 saturated heterocycles. The Morgan fingerprint density at radius 2 is 2.00 bits per heavy atom. The Bertz CT molecular complexity index is 420. The van der Waals surface area contributed by atoms with Gasteiger partial charge in [-0.25, -0.2) is 0 Å². The van der Waals surface area contributed by atoms with Crippen molar-refractivity contribution in [1.82, 2.24) is 0 Å². The summed E-state index contributed by atoms with van der Waals surface area (Å²) in [5, 5.41) is 19.9. The van der Waals surface area contributed by atoms with Crippen molar-refractivity contribution in [2.24, 2.45) is 0 Å². The largest absolute Gasteiger partial charge is 0.487 e. The zero-order chi connectivity index (χ0) is 13.8. The quantitative estimate of drug-likeness (QED) is 0.834. The molecule has 0 spiro atoms. The molecule has 0 radical (unpaired) electrons. The minimum absolute atomic E-state index is 0.172. The number of hydrogen-bond acceptors (Lipinski definition) is 3. The molecule has 19 heavy (non-hydrogen) atoms. The van der Waals surface area contributed by atoms with Crippen LogP contribution in [0.25, 0.3) is 0 Å². The van der Waals surface area contributed by atoms with Gasteiger partial charge in [-0.15, -0.1) is 0 Å². The van der Waals surface area contributed by atoms with Crippen LogP contribution < -0.4 is 4.74 Å². The van der Waals surface area contributed by atoms with Crippen molar-refractivity contribution in [1.29, 1.82) is 0 Å². The predicted octanol–water partition coefficient (Wildman–Crippen LogP) is 3.57. The summed E-state index contributed by atoms with van der Waals surface area (Å²) in [6, 6.07) is 5.60. The van der Waals surface area contributed by atoms with E-state index in [4.69, 9.17) is 4.74 Å². The third-order valence-electron chi connectivity index (χ3n) is 3.62. The molecular formula is C15H21BrO3.